The van der Waals surface area contributed by atoms with Crippen LogP contribution >= 0.6 is 0 Å². The van der Waals surface area contributed by atoms with E-state index in [0.29, 0.717) is 12.1 Å². The maximum Gasteiger partial charge on any atom is 0.409 e. The Labute approximate surface area is 138 Å². The van der Waals surface area contributed by atoms with Crippen molar-refractivity contribution < 1.29 is 28.7 Å². The third-order valence-electron chi connectivity index (χ3n) is 3.24. The summed E-state index contributed by atoms with van der Waals surface area (Å²) in [5.74, 6) is -1.27. The van der Waals surface area contributed by atoms with Gasteiger partial charge in [-0.25, -0.2) is 9.69 Å². The fourth-order valence-corrected chi connectivity index (χ4v) is 2.01. The van der Waals surface area contributed by atoms with Crippen LogP contribution in [0.25, 0.3) is 0 Å². The Hall–Kier alpha value is -3.16. The summed E-state index contributed by atoms with van der Waals surface area (Å²) < 4.78 is 9.28. The summed E-state index contributed by atoms with van der Waals surface area (Å²) in [6.07, 6.45) is 2.28. The minimum Gasteiger partial charge on any atom is -0.428 e. The zero-order valence-electron chi connectivity index (χ0n) is 13.0. The predicted molar refractivity (Wildman–Crippen MR) is 82.9 cm³/mol. The molecule has 1 aromatic rings. The molecule has 1 aromatic carbocycles. The summed E-state index contributed by atoms with van der Waals surface area (Å²) in [6, 6.07) is 6.72. The largest absolute Gasteiger partial charge is 0.428 e. The van der Waals surface area contributed by atoms with Crippen LogP contribution in [0.15, 0.2) is 36.4 Å². The summed E-state index contributed by atoms with van der Waals surface area (Å²) in [5.41, 5.74) is 1.32. The molecule has 0 bridgehead atoms. The van der Waals surface area contributed by atoms with Crippen LogP contribution in [-0.2, 0) is 30.3 Å². The summed E-state index contributed by atoms with van der Waals surface area (Å²) >= 11 is 0. The van der Waals surface area contributed by atoms with Crippen LogP contribution in [0.5, 0.6) is 0 Å². The van der Waals surface area contributed by atoms with E-state index in [1.807, 2.05) is 0 Å². The first-order valence-corrected chi connectivity index (χ1v) is 7.16. The maximum absolute atomic E-state index is 11.6. The van der Waals surface area contributed by atoms with Crippen molar-refractivity contribution >= 4 is 29.6 Å². The smallest absolute Gasteiger partial charge is 0.409 e. The van der Waals surface area contributed by atoms with Gasteiger partial charge in [-0.1, -0.05) is 12.1 Å². The monoisotopic (exact) mass is 332 g/mol. The van der Waals surface area contributed by atoms with Crippen LogP contribution in [0.4, 0.5) is 10.5 Å². The van der Waals surface area contributed by atoms with Gasteiger partial charge in [-0.3, -0.25) is 14.4 Å². The molecular weight excluding hydrogens is 316 g/mol. The van der Waals surface area contributed by atoms with Crippen molar-refractivity contribution in [3.8, 4) is 0 Å². The van der Waals surface area contributed by atoms with Gasteiger partial charge in [0, 0.05) is 25.6 Å². The van der Waals surface area contributed by atoms with Crippen molar-refractivity contribution in [2.45, 2.75) is 12.8 Å². The van der Waals surface area contributed by atoms with Gasteiger partial charge in [0.25, 0.3) is 11.8 Å². The number of carbonyl (C=O) groups is 4. The Kier molecular flexibility index (Phi) is 5.67. The number of amides is 3. The Morgan fingerprint density at radius 2 is 1.67 bits per heavy atom. The van der Waals surface area contributed by atoms with E-state index >= 15 is 0 Å². The molecule has 0 spiro atoms. The minimum absolute atomic E-state index is 0.111. The molecule has 1 aliphatic heterocycles. The first-order valence-electron chi connectivity index (χ1n) is 7.16. The van der Waals surface area contributed by atoms with Gasteiger partial charge < -0.3 is 14.8 Å². The topological polar surface area (TPSA) is 102 Å². The van der Waals surface area contributed by atoms with Gasteiger partial charge in [0.1, 0.15) is 0 Å². The van der Waals surface area contributed by atoms with Crippen molar-refractivity contribution in [1.29, 1.82) is 0 Å². The number of hydrogen-bond acceptors (Lipinski definition) is 6. The Morgan fingerprint density at radius 1 is 1.04 bits per heavy atom. The number of anilines is 1. The van der Waals surface area contributed by atoms with Crippen molar-refractivity contribution in [1.82, 2.24) is 5.32 Å². The second kappa shape index (κ2) is 7.91. The second-order valence-corrected chi connectivity index (χ2v) is 4.83. The SMILES string of the molecule is CNC(=O)OCOC(=O)CCc1ccc(N2C(=O)C=CC2=O)cc1. The van der Waals surface area contributed by atoms with E-state index in [1.54, 1.807) is 24.3 Å². The van der Waals surface area contributed by atoms with Crippen molar-refractivity contribution in [3.63, 3.8) is 0 Å². The highest BCUT2D eigenvalue weighted by atomic mass is 16.7. The number of rotatable bonds is 6. The average Bonchev–Trinajstić information content (AvgIpc) is 2.92. The quantitative estimate of drug-likeness (QED) is 0.472. The zero-order chi connectivity index (χ0) is 17.5. The molecule has 1 heterocycles. The molecular formula is C16H16N2O6. The number of imide groups is 1. The van der Waals surface area contributed by atoms with Crippen LogP contribution < -0.4 is 10.2 Å². The van der Waals surface area contributed by atoms with E-state index in [0.717, 1.165) is 10.5 Å². The number of alkyl carbamates (subject to hydrolysis) is 1. The van der Waals surface area contributed by atoms with Crippen LogP contribution in [0.2, 0.25) is 0 Å². The summed E-state index contributed by atoms with van der Waals surface area (Å²) in [4.78, 5) is 46.5. The molecule has 2 rings (SSSR count). The number of aryl methyl sites for hydroxylation is 1. The molecule has 3 amide bonds. The average molecular weight is 332 g/mol. The third kappa shape index (κ3) is 4.42. The van der Waals surface area contributed by atoms with E-state index in [-0.39, 0.29) is 18.2 Å². The second-order valence-electron chi connectivity index (χ2n) is 4.83. The lowest BCUT2D eigenvalue weighted by Crippen LogP contribution is -2.29. The number of carbonyl (C=O) groups excluding carboxylic acids is 4. The highest BCUT2D eigenvalue weighted by molar-refractivity contribution is 6.28. The maximum atomic E-state index is 11.6. The molecule has 0 atom stereocenters. The highest BCUT2D eigenvalue weighted by Gasteiger charge is 2.24. The molecule has 1 N–H and O–H groups in total. The fraction of sp³-hybridized carbons (Fsp3) is 0.250. The molecule has 0 fully saturated rings. The molecule has 0 unspecified atom stereocenters. The molecule has 0 aliphatic carbocycles. The minimum atomic E-state index is -0.682. The van der Waals surface area contributed by atoms with Crippen LogP contribution in [0.1, 0.15) is 12.0 Å². The van der Waals surface area contributed by atoms with Gasteiger partial charge in [0.2, 0.25) is 6.79 Å². The fourth-order valence-electron chi connectivity index (χ4n) is 2.01. The van der Waals surface area contributed by atoms with Crippen molar-refractivity contribution in [2.75, 3.05) is 18.7 Å². The number of ether oxygens (including phenoxy) is 2. The van der Waals surface area contributed by atoms with Crippen LogP contribution in [0, 0.1) is 0 Å². The molecule has 24 heavy (non-hydrogen) atoms. The zero-order valence-corrected chi connectivity index (χ0v) is 13.0. The predicted octanol–water partition coefficient (Wildman–Crippen LogP) is 0.905. The van der Waals surface area contributed by atoms with Gasteiger partial charge in [-0.2, -0.15) is 0 Å². The number of benzene rings is 1. The lowest BCUT2D eigenvalue weighted by Gasteiger charge is -2.14. The number of esters is 1. The van der Waals surface area contributed by atoms with Gasteiger partial charge in [0.05, 0.1) is 5.69 Å². The first-order chi connectivity index (χ1) is 11.5. The number of hydrogen-bond donors (Lipinski definition) is 1. The van der Waals surface area contributed by atoms with Crippen LogP contribution in [-0.4, -0.2) is 37.7 Å². The molecule has 8 heteroatoms. The van der Waals surface area contributed by atoms with E-state index in [9.17, 15) is 19.2 Å². The van der Waals surface area contributed by atoms with Gasteiger partial charge in [0.15, 0.2) is 0 Å². The lowest BCUT2D eigenvalue weighted by atomic mass is 10.1. The normalized spacial score (nSPS) is 13.1. The molecule has 0 saturated carbocycles. The molecule has 0 saturated heterocycles. The Bertz CT molecular complexity index is 662. The lowest BCUT2D eigenvalue weighted by molar-refractivity contribution is -0.151. The van der Waals surface area contributed by atoms with E-state index in [1.165, 1.54) is 19.2 Å². The van der Waals surface area contributed by atoms with E-state index < -0.39 is 18.9 Å². The molecule has 0 radical (unpaired) electrons. The Morgan fingerprint density at radius 3 is 2.25 bits per heavy atom. The summed E-state index contributed by atoms with van der Waals surface area (Å²) in [7, 11) is 1.40. The molecule has 1 aliphatic rings. The van der Waals surface area contributed by atoms with Gasteiger partial charge in [-0.15, -0.1) is 0 Å². The number of nitrogens with one attached hydrogen (secondary N) is 1. The van der Waals surface area contributed by atoms with E-state index in [2.05, 4.69) is 10.1 Å². The number of nitrogens with zero attached hydrogens (tertiary/aromatic N) is 1. The van der Waals surface area contributed by atoms with Crippen molar-refractivity contribution in [3.05, 3.63) is 42.0 Å². The first kappa shape index (κ1) is 17.2. The molecule has 0 aromatic heterocycles. The van der Waals surface area contributed by atoms with Crippen LogP contribution in [0.3, 0.4) is 0 Å². The van der Waals surface area contributed by atoms with E-state index in [4.69, 9.17) is 4.74 Å². The summed E-state index contributed by atoms with van der Waals surface area (Å²) in [5, 5.41) is 2.22. The van der Waals surface area contributed by atoms with Crippen molar-refractivity contribution in [2.24, 2.45) is 0 Å². The highest BCUT2D eigenvalue weighted by Crippen LogP contribution is 2.20. The van der Waals surface area contributed by atoms with Gasteiger partial charge in [-0.05, 0) is 24.1 Å². The van der Waals surface area contributed by atoms with Gasteiger partial charge >= 0.3 is 12.1 Å². The standard InChI is InChI=1S/C16H16N2O6/c1-17-16(22)24-10-23-15(21)9-4-11-2-5-12(6-3-11)18-13(19)7-8-14(18)20/h2-3,5-8H,4,9-10H2,1H3,(H,17,22). The molecule has 8 nitrogen and oxygen atoms in total. The Balaban J connectivity index is 1.80. The summed E-state index contributed by atoms with van der Waals surface area (Å²) in [6.45, 7) is -0.441. The third-order valence-corrected chi connectivity index (χ3v) is 3.24. The molecule has 126 valence electrons.